The molecule has 0 unspecified atom stereocenters. The zero-order chi connectivity index (χ0) is 20.4. The third-order valence-electron chi connectivity index (χ3n) is 3.98. The number of hydrogen-bond acceptors (Lipinski definition) is 3. The van der Waals surface area contributed by atoms with E-state index in [-0.39, 0.29) is 6.42 Å². The molecular formula is C19H22Cl2N2O3S. The number of amides is 1. The molecule has 146 valence electrons. The van der Waals surface area contributed by atoms with E-state index in [4.69, 9.17) is 23.2 Å². The second kappa shape index (κ2) is 8.50. The summed E-state index contributed by atoms with van der Waals surface area (Å²) in [6.07, 6.45) is 1.37. The van der Waals surface area contributed by atoms with Crippen LogP contribution in [0.25, 0.3) is 0 Å². The highest BCUT2D eigenvalue weighted by Crippen LogP contribution is 2.28. The number of rotatable bonds is 6. The minimum atomic E-state index is -3.70. The van der Waals surface area contributed by atoms with Crippen molar-refractivity contribution in [3.05, 3.63) is 57.6 Å². The lowest BCUT2D eigenvalue weighted by Crippen LogP contribution is -2.47. The van der Waals surface area contributed by atoms with Gasteiger partial charge >= 0.3 is 0 Å². The number of sulfonamides is 1. The van der Waals surface area contributed by atoms with E-state index in [9.17, 15) is 13.2 Å². The molecular weight excluding hydrogens is 407 g/mol. The summed E-state index contributed by atoms with van der Waals surface area (Å²) in [4.78, 5) is 12.9. The average Bonchev–Trinajstić information content (AvgIpc) is 2.53. The highest BCUT2D eigenvalue weighted by molar-refractivity contribution is 7.92. The van der Waals surface area contributed by atoms with Crippen LogP contribution in [-0.2, 0) is 14.8 Å². The van der Waals surface area contributed by atoms with Gasteiger partial charge in [0.25, 0.3) is 0 Å². The third-order valence-corrected chi connectivity index (χ3v) is 5.72. The van der Waals surface area contributed by atoms with E-state index in [0.717, 1.165) is 21.7 Å². The SMILES string of the molecule is CC[C@H](C(=O)Nc1cc(Cl)ccc1Cl)N(c1cc(C)cc(C)c1)S(C)(=O)=O. The molecule has 0 aromatic heterocycles. The predicted octanol–water partition coefficient (Wildman–Crippen LogP) is 4.79. The average molecular weight is 429 g/mol. The van der Waals surface area contributed by atoms with Crippen molar-refractivity contribution in [3.8, 4) is 0 Å². The van der Waals surface area contributed by atoms with Crippen LogP contribution in [0, 0.1) is 13.8 Å². The minimum Gasteiger partial charge on any atom is -0.323 e. The first-order valence-electron chi connectivity index (χ1n) is 8.36. The fourth-order valence-electron chi connectivity index (χ4n) is 2.95. The summed E-state index contributed by atoms with van der Waals surface area (Å²) < 4.78 is 26.2. The molecule has 27 heavy (non-hydrogen) atoms. The summed E-state index contributed by atoms with van der Waals surface area (Å²) in [7, 11) is -3.70. The minimum absolute atomic E-state index is 0.282. The molecule has 0 bridgehead atoms. The molecule has 1 atom stereocenters. The fraction of sp³-hybridized carbons (Fsp3) is 0.316. The number of nitrogens with one attached hydrogen (secondary N) is 1. The summed E-state index contributed by atoms with van der Waals surface area (Å²) in [6, 6.07) is 9.20. The van der Waals surface area contributed by atoms with E-state index >= 15 is 0 Å². The Morgan fingerprint density at radius 3 is 2.22 bits per heavy atom. The van der Waals surface area contributed by atoms with Crippen LogP contribution in [0.15, 0.2) is 36.4 Å². The van der Waals surface area contributed by atoms with Gasteiger partial charge in [0.1, 0.15) is 6.04 Å². The molecule has 2 rings (SSSR count). The molecule has 0 fully saturated rings. The van der Waals surface area contributed by atoms with Gasteiger partial charge in [0.2, 0.25) is 15.9 Å². The Balaban J connectivity index is 2.46. The lowest BCUT2D eigenvalue weighted by atomic mass is 10.1. The Bertz CT molecular complexity index is 941. The first-order chi connectivity index (χ1) is 12.5. The van der Waals surface area contributed by atoms with Gasteiger partial charge in [-0.25, -0.2) is 8.42 Å². The van der Waals surface area contributed by atoms with Gasteiger partial charge in [0, 0.05) is 5.02 Å². The lowest BCUT2D eigenvalue weighted by Gasteiger charge is -2.30. The number of hydrogen-bond donors (Lipinski definition) is 1. The van der Waals surface area contributed by atoms with Crippen LogP contribution in [0.4, 0.5) is 11.4 Å². The molecule has 0 spiro atoms. The van der Waals surface area contributed by atoms with Crippen LogP contribution >= 0.6 is 23.2 Å². The van der Waals surface area contributed by atoms with Crippen molar-refractivity contribution in [2.24, 2.45) is 0 Å². The van der Waals surface area contributed by atoms with Crippen molar-refractivity contribution < 1.29 is 13.2 Å². The van der Waals surface area contributed by atoms with Crippen molar-refractivity contribution in [3.63, 3.8) is 0 Å². The normalized spacial score (nSPS) is 12.5. The van der Waals surface area contributed by atoms with E-state index < -0.39 is 22.0 Å². The molecule has 1 N–H and O–H groups in total. The molecule has 2 aromatic rings. The van der Waals surface area contributed by atoms with E-state index in [1.54, 1.807) is 31.2 Å². The van der Waals surface area contributed by atoms with Gasteiger partial charge in [-0.15, -0.1) is 0 Å². The Hall–Kier alpha value is -1.76. The van der Waals surface area contributed by atoms with Crippen LogP contribution in [0.3, 0.4) is 0 Å². The number of aryl methyl sites for hydroxylation is 2. The van der Waals surface area contributed by atoms with Gasteiger partial charge in [0.05, 0.1) is 22.7 Å². The van der Waals surface area contributed by atoms with Gasteiger partial charge in [-0.05, 0) is 61.7 Å². The largest absolute Gasteiger partial charge is 0.323 e. The van der Waals surface area contributed by atoms with Crippen molar-refractivity contribution in [1.82, 2.24) is 0 Å². The highest BCUT2D eigenvalue weighted by Gasteiger charge is 2.32. The summed E-state index contributed by atoms with van der Waals surface area (Å²) in [5.74, 6) is -0.480. The van der Waals surface area contributed by atoms with Crippen LogP contribution in [0.5, 0.6) is 0 Å². The molecule has 0 aliphatic heterocycles. The fourth-order valence-corrected chi connectivity index (χ4v) is 4.48. The third kappa shape index (κ3) is 5.37. The Morgan fingerprint density at radius 1 is 1.11 bits per heavy atom. The van der Waals surface area contributed by atoms with E-state index in [1.807, 2.05) is 19.9 Å². The molecule has 8 heteroatoms. The van der Waals surface area contributed by atoms with Crippen molar-refractivity contribution in [2.45, 2.75) is 33.2 Å². The quantitative estimate of drug-likeness (QED) is 0.718. The molecule has 0 saturated carbocycles. The van der Waals surface area contributed by atoms with Crippen molar-refractivity contribution in [1.29, 1.82) is 0 Å². The molecule has 0 heterocycles. The number of benzene rings is 2. The summed E-state index contributed by atoms with van der Waals surface area (Å²) in [6.45, 7) is 5.51. The number of anilines is 2. The van der Waals surface area contributed by atoms with Crippen LogP contribution in [0.2, 0.25) is 10.0 Å². The first kappa shape index (κ1) is 21.5. The van der Waals surface area contributed by atoms with Crippen LogP contribution in [-0.4, -0.2) is 26.6 Å². The zero-order valence-corrected chi connectivity index (χ0v) is 17.9. The monoisotopic (exact) mass is 428 g/mol. The molecule has 0 aliphatic rings. The Kier molecular flexibility index (Phi) is 6.78. The van der Waals surface area contributed by atoms with Gasteiger partial charge in [-0.1, -0.05) is 36.2 Å². The highest BCUT2D eigenvalue weighted by atomic mass is 35.5. The first-order valence-corrected chi connectivity index (χ1v) is 11.0. The number of nitrogens with zero attached hydrogens (tertiary/aromatic N) is 1. The van der Waals surface area contributed by atoms with Gasteiger partial charge < -0.3 is 5.32 Å². The number of carbonyl (C=O) groups is 1. The smallest absolute Gasteiger partial charge is 0.248 e. The van der Waals surface area contributed by atoms with E-state index in [2.05, 4.69) is 5.32 Å². The molecule has 0 saturated heterocycles. The molecule has 0 aliphatic carbocycles. The van der Waals surface area contributed by atoms with Gasteiger partial charge in [-0.2, -0.15) is 0 Å². The van der Waals surface area contributed by atoms with Crippen LogP contribution in [0.1, 0.15) is 24.5 Å². The lowest BCUT2D eigenvalue weighted by molar-refractivity contribution is -0.117. The maximum absolute atomic E-state index is 12.9. The topological polar surface area (TPSA) is 66.5 Å². The number of halogens is 2. The Labute approximate surface area is 170 Å². The summed E-state index contributed by atoms with van der Waals surface area (Å²) >= 11 is 12.1. The Morgan fingerprint density at radius 2 is 1.70 bits per heavy atom. The van der Waals surface area contributed by atoms with Crippen molar-refractivity contribution in [2.75, 3.05) is 15.9 Å². The van der Waals surface area contributed by atoms with E-state index in [1.165, 1.54) is 6.07 Å². The molecule has 5 nitrogen and oxygen atoms in total. The molecule has 1 amide bonds. The number of carbonyl (C=O) groups excluding carboxylic acids is 1. The second-order valence-electron chi connectivity index (χ2n) is 6.44. The molecule has 0 radical (unpaired) electrons. The second-order valence-corrected chi connectivity index (χ2v) is 9.15. The molecule has 2 aromatic carbocycles. The standard InChI is InChI=1S/C19H22Cl2N2O3S/c1-5-18(19(24)22-17-11-14(20)6-7-16(17)21)23(27(4,25)26)15-9-12(2)8-13(3)10-15/h6-11,18H,5H2,1-4H3,(H,22,24)/t18-/m1/s1. The van der Waals surface area contributed by atoms with Gasteiger partial charge in [0.15, 0.2) is 0 Å². The maximum atomic E-state index is 12.9. The zero-order valence-electron chi connectivity index (χ0n) is 15.6. The van der Waals surface area contributed by atoms with Gasteiger partial charge in [-0.3, -0.25) is 9.10 Å². The maximum Gasteiger partial charge on any atom is 0.248 e. The predicted molar refractivity (Wildman–Crippen MR) is 112 cm³/mol. The van der Waals surface area contributed by atoms with Crippen LogP contribution < -0.4 is 9.62 Å². The summed E-state index contributed by atoms with van der Waals surface area (Å²) in [5.41, 5.74) is 2.61. The summed E-state index contributed by atoms with van der Waals surface area (Å²) in [5, 5.41) is 3.43. The van der Waals surface area contributed by atoms with Crippen molar-refractivity contribution >= 4 is 50.5 Å². The van der Waals surface area contributed by atoms with E-state index in [0.29, 0.717) is 21.4 Å².